The molecule has 0 amide bonds. The molecule has 0 radical (unpaired) electrons. The zero-order chi connectivity index (χ0) is 12.4. The third-order valence-corrected chi connectivity index (χ3v) is 3.41. The van der Waals surface area contributed by atoms with Crippen molar-refractivity contribution in [3.8, 4) is 11.5 Å². The second-order valence-corrected chi connectivity index (χ2v) is 4.53. The molecule has 1 atom stereocenters. The van der Waals surface area contributed by atoms with Crippen molar-refractivity contribution in [1.82, 2.24) is 0 Å². The summed E-state index contributed by atoms with van der Waals surface area (Å²) in [5.41, 5.74) is 2.52. The minimum absolute atomic E-state index is 0.158. The maximum Gasteiger partial charge on any atom is 0.124 e. The highest BCUT2D eigenvalue weighted by molar-refractivity contribution is 5.37. The van der Waals surface area contributed by atoms with Crippen LogP contribution in [0.2, 0.25) is 0 Å². The standard InChI is InChI=1S/C16H16O2/c1-17-14-9-6-13(7-10-14)16-11-8-12-4-2-3-5-15(12)18-16/h2-7,9-10,16H,8,11H2,1H3/t16-/m0/s1. The Morgan fingerprint density at radius 2 is 1.83 bits per heavy atom. The molecule has 0 bridgehead atoms. The summed E-state index contributed by atoms with van der Waals surface area (Å²) in [6.07, 6.45) is 2.27. The van der Waals surface area contributed by atoms with Crippen molar-refractivity contribution >= 4 is 0 Å². The van der Waals surface area contributed by atoms with Gasteiger partial charge in [0, 0.05) is 0 Å². The van der Waals surface area contributed by atoms with Crippen molar-refractivity contribution in [3.63, 3.8) is 0 Å². The lowest BCUT2D eigenvalue weighted by molar-refractivity contribution is 0.176. The maximum absolute atomic E-state index is 6.05. The number of ether oxygens (including phenoxy) is 2. The molecule has 0 N–H and O–H groups in total. The zero-order valence-corrected chi connectivity index (χ0v) is 10.4. The fourth-order valence-corrected chi connectivity index (χ4v) is 2.38. The monoisotopic (exact) mass is 240 g/mol. The summed E-state index contributed by atoms with van der Waals surface area (Å²) >= 11 is 0. The summed E-state index contributed by atoms with van der Waals surface area (Å²) in [5.74, 6) is 1.90. The van der Waals surface area contributed by atoms with Crippen LogP contribution in [0.5, 0.6) is 11.5 Å². The molecule has 2 heteroatoms. The second kappa shape index (κ2) is 4.73. The molecule has 92 valence electrons. The van der Waals surface area contributed by atoms with Crippen molar-refractivity contribution in [2.45, 2.75) is 18.9 Å². The van der Waals surface area contributed by atoms with Gasteiger partial charge in [-0.25, -0.2) is 0 Å². The summed E-state index contributed by atoms with van der Waals surface area (Å²) in [6.45, 7) is 0. The van der Waals surface area contributed by atoms with Gasteiger partial charge in [-0.1, -0.05) is 30.3 Å². The van der Waals surface area contributed by atoms with Gasteiger partial charge < -0.3 is 9.47 Å². The number of methoxy groups -OCH3 is 1. The van der Waals surface area contributed by atoms with Crippen LogP contribution in [0.4, 0.5) is 0 Å². The SMILES string of the molecule is COc1ccc([C@@H]2CCc3ccccc3O2)cc1. The van der Waals surface area contributed by atoms with Gasteiger partial charge in [0.2, 0.25) is 0 Å². The number of hydrogen-bond acceptors (Lipinski definition) is 2. The van der Waals surface area contributed by atoms with E-state index in [1.807, 2.05) is 24.3 Å². The molecule has 0 unspecified atom stereocenters. The summed E-state index contributed by atoms with van der Waals surface area (Å²) < 4.78 is 11.2. The van der Waals surface area contributed by atoms with Crippen LogP contribution in [-0.2, 0) is 6.42 Å². The van der Waals surface area contributed by atoms with Gasteiger partial charge in [0.05, 0.1) is 7.11 Å². The molecular weight excluding hydrogens is 224 g/mol. The van der Waals surface area contributed by atoms with E-state index < -0.39 is 0 Å². The van der Waals surface area contributed by atoms with Gasteiger partial charge >= 0.3 is 0 Å². The van der Waals surface area contributed by atoms with Crippen LogP contribution in [-0.4, -0.2) is 7.11 Å². The molecule has 0 fully saturated rings. The largest absolute Gasteiger partial charge is 0.497 e. The molecular formula is C16H16O2. The third-order valence-electron chi connectivity index (χ3n) is 3.41. The molecule has 0 aliphatic carbocycles. The first-order valence-corrected chi connectivity index (χ1v) is 6.25. The average Bonchev–Trinajstić information content (AvgIpc) is 2.47. The van der Waals surface area contributed by atoms with Gasteiger partial charge in [0.1, 0.15) is 17.6 Å². The van der Waals surface area contributed by atoms with Crippen LogP contribution >= 0.6 is 0 Å². The van der Waals surface area contributed by atoms with Crippen LogP contribution in [0.25, 0.3) is 0 Å². The fraction of sp³-hybridized carbons (Fsp3) is 0.250. The van der Waals surface area contributed by atoms with Crippen molar-refractivity contribution in [3.05, 3.63) is 59.7 Å². The first kappa shape index (κ1) is 11.1. The van der Waals surface area contributed by atoms with Crippen molar-refractivity contribution in [2.24, 2.45) is 0 Å². The van der Waals surface area contributed by atoms with Gasteiger partial charge in [-0.2, -0.15) is 0 Å². The summed E-state index contributed by atoms with van der Waals surface area (Å²) in [5, 5.41) is 0. The van der Waals surface area contributed by atoms with Gasteiger partial charge in [0.25, 0.3) is 0 Å². The molecule has 18 heavy (non-hydrogen) atoms. The predicted octanol–water partition coefficient (Wildman–Crippen LogP) is 3.76. The van der Waals surface area contributed by atoms with Crippen molar-refractivity contribution < 1.29 is 9.47 Å². The van der Waals surface area contributed by atoms with Crippen LogP contribution in [0.1, 0.15) is 23.7 Å². The molecule has 0 saturated heterocycles. The molecule has 3 rings (SSSR count). The topological polar surface area (TPSA) is 18.5 Å². The first-order valence-electron chi connectivity index (χ1n) is 6.25. The minimum Gasteiger partial charge on any atom is -0.497 e. The molecule has 1 heterocycles. The van der Waals surface area contributed by atoms with Crippen LogP contribution in [0, 0.1) is 0 Å². The zero-order valence-electron chi connectivity index (χ0n) is 10.4. The Bertz CT molecular complexity index is 531. The lowest BCUT2D eigenvalue weighted by Crippen LogP contribution is -2.14. The molecule has 0 aromatic heterocycles. The molecule has 1 aliphatic rings. The summed E-state index contributed by atoms with van der Waals surface area (Å²) in [6, 6.07) is 16.4. The highest BCUT2D eigenvalue weighted by Gasteiger charge is 2.20. The van der Waals surface area contributed by atoms with Crippen LogP contribution < -0.4 is 9.47 Å². The Balaban J connectivity index is 1.82. The Hall–Kier alpha value is -1.96. The van der Waals surface area contributed by atoms with E-state index in [0.29, 0.717) is 0 Å². The van der Waals surface area contributed by atoms with Crippen molar-refractivity contribution in [1.29, 1.82) is 0 Å². The number of hydrogen-bond donors (Lipinski definition) is 0. The van der Waals surface area contributed by atoms with E-state index >= 15 is 0 Å². The number of rotatable bonds is 2. The van der Waals surface area contributed by atoms with Crippen molar-refractivity contribution in [2.75, 3.05) is 7.11 Å². The second-order valence-electron chi connectivity index (χ2n) is 4.53. The van der Waals surface area contributed by atoms with E-state index in [2.05, 4.69) is 24.3 Å². The highest BCUT2D eigenvalue weighted by Crippen LogP contribution is 2.34. The first-order chi connectivity index (χ1) is 8.86. The molecule has 0 spiro atoms. The normalized spacial score (nSPS) is 17.7. The van der Waals surface area contributed by atoms with Gasteiger partial charge in [0.15, 0.2) is 0 Å². The number of benzene rings is 2. The molecule has 2 nitrogen and oxygen atoms in total. The molecule has 0 saturated carbocycles. The van der Waals surface area contributed by atoms with Crippen LogP contribution in [0.15, 0.2) is 48.5 Å². The summed E-state index contributed by atoms with van der Waals surface area (Å²) in [4.78, 5) is 0. The smallest absolute Gasteiger partial charge is 0.124 e. The molecule has 2 aromatic rings. The van der Waals surface area contributed by atoms with Gasteiger partial charge in [-0.3, -0.25) is 0 Å². The lowest BCUT2D eigenvalue weighted by atomic mass is 9.97. The molecule has 1 aliphatic heterocycles. The number of aryl methyl sites for hydroxylation is 1. The molecule has 2 aromatic carbocycles. The minimum atomic E-state index is 0.158. The average molecular weight is 240 g/mol. The van der Waals surface area contributed by atoms with E-state index in [4.69, 9.17) is 9.47 Å². The quantitative estimate of drug-likeness (QED) is 0.795. The van der Waals surface area contributed by atoms with Crippen LogP contribution in [0.3, 0.4) is 0 Å². The number of fused-ring (bicyclic) bond motifs is 1. The Kier molecular flexibility index (Phi) is 2.93. The summed E-state index contributed by atoms with van der Waals surface area (Å²) in [7, 11) is 1.68. The Morgan fingerprint density at radius 1 is 1.06 bits per heavy atom. The number of para-hydroxylation sites is 1. The van der Waals surface area contributed by atoms with E-state index in [0.717, 1.165) is 24.3 Å². The Labute approximate surface area is 107 Å². The Morgan fingerprint density at radius 3 is 2.61 bits per heavy atom. The van der Waals surface area contributed by atoms with Gasteiger partial charge in [-0.15, -0.1) is 0 Å². The maximum atomic E-state index is 6.05. The fourth-order valence-electron chi connectivity index (χ4n) is 2.38. The van der Waals surface area contributed by atoms with Gasteiger partial charge in [-0.05, 0) is 42.2 Å². The third kappa shape index (κ3) is 2.06. The highest BCUT2D eigenvalue weighted by atomic mass is 16.5. The predicted molar refractivity (Wildman–Crippen MR) is 71.1 cm³/mol. The van der Waals surface area contributed by atoms with E-state index in [1.54, 1.807) is 7.11 Å². The lowest BCUT2D eigenvalue weighted by Gasteiger charge is -2.26. The van der Waals surface area contributed by atoms with E-state index in [1.165, 1.54) is 11.1 Å². The van der Waals surface area contributed by atoms with E-state index in [-0.39, 0.29) is 6.10 Å². The van der Waals surface area contributed by atoms with E-state index in [9.17, 15) is 0 Å².